The quantitative estimate of drug-likeness (QED) is 0.840. The number of halogens is 4. The molecule has 0 atom stereocenters. The summed E-state index contributed by atoms with van der Waals surface area (Å²) in [6.45, 7) is 0. The molecule has 0 fully saturated rings. The van der Waals surface area contributed by atoms with E-state index in [4.69, 9.17) is 11.6 Å². The van der Waals surface area contributed by atoms with Crippen molar-refractivity contribution in [2.75, 3.05) is 5.32 Å². The summed E-state index contributed by atoms with van der Waals surface area (Å²) in [5, 5.41) is 2.34. The molecule has 1 amide bonds. The second kappa shape index (κ2) is 5.25. The number of carbonyl (C=O) groups is 1. The molecule has 0 spiro atoms. The first-order valence-electron chi connectivity index (χ1n) is 4.43. The number of rotatable bonds is 2. The maximum absolute atomic E-state index is 13.5. The maximum atomic E-state index is 13.5. The highest BCUT2D eigenvalue weighted by atomic mass is 79.9. The average molecular weight is 355 g/mol. The molecule has 0 aliphatic heterocycles. The SMILES string of the molecule is O=C(Nc1nc(Cl)ns1)c1c(Br)ccc(F)c1F. The molecule has 0 saturated carbocycles. The number of hydrogen-bond donors (Lipinski definition) is 1. The predicted octanol–water partition coefficient (Wildman–Crippen LogP) is 3.48. The van der Waals surface area contributed by atoms with E-state index in [0.29, 0.717) is 0 Å². The Morgan fingerprint density at radius 2 is 2.17 bits per heavy atom. The highest BCUT2D eigenvalue weighted by Gasteiger charge is 2.20. The largest absolute Gasteiger partial charge is 0.296 e. The molecule has 4 nitrogen and oxygen atoms in total. The Morgan fingerprint density at radius 3 is 2.78 bits per heavy atom. The number of amides is 1. The van der Waals surface area contributed by atoms with Gasteiger partial charge in [0, 0.05) is 16.0 Å². The molecule has 9 heteroatoms. The topological polar surface area (TPSA) is 54.9 Å². The van der Waals surface area contributed by atoms with Gasteiger partial charge in [0.25, 0.3) is 5.91 Å². The van der Waals surface area contributed by atoms with Crippen LogP contribution in [0, 0.1) is 11.6 Å². The Morgan fingerprint density at radius 1 is 1.44 bits per heavy atom. The predicted molar refractivity (Wildman–Crippen MR) is 66.9 cm³/mol. The van der Waals surface area contributed by atoms with Crippen LogP contribution < -0.4 is 5.32 Å². The zero-order valence-corrected chi connectivity index (χ0v) is 11.5. The first-order valence-corrected chi connectivity index (χ1v) is 6.37. The van der Waals surface area contributed by atoms with E-state index in [1.54, 1.807) is 0 Å². The van der Waals surface area contributed by atoms with Crippen LogP contribution in [0.2, 0.25) is 5.28 Å². The summed E-state index contributed by atoms with van der Waals surface area (Å²) < 4.78 is 30.3. The van der Waals surface area contributed by atoms with Gasteiger partial charge in [-0.3, -0.25) is 10.1 Å². The minimum atomic E-state index is -1.24. The van der Waals surface area contributed by atoms with E-state index < -0.39 is 23.1 Å². The second-order valence-corrected chi connectivity index (χ2v) is 4.99. The summed E-state index contributed by atoms with van der Waals surface area (Å²) >= 11 is 9.28. The molecule has 1 N–H and O–H groups in total. The summed E-state index contributed by atoms with van der Waals surface area (Å²) in [7, 11) is 0. The minimum absolute atomic E-state index is 0.0333. The van der Waals surface area contributed by atoms with Crippen molar-refractivity contribution in [3.63, 3.8) is 0 Å². The number of anilines is 1. The normalized spacial score (nSPS) is 10.4. The lowest BCUT2D eigenvalue weighted by molar-refractivity contribution is 0.102. The fourth-order valence-electron chi connectivity index (χ4n) is 1.15. The Bertz CT molecular complexity index is 622. The van der Waals surface area contributed by atoms with Crippen LogP contribution >= 0.6 is 39.1 Å². The van der Waals surface area contributed by atoms with Gasteiger partial charge in [-0.1, -0.05) is 0 Å². The van der Waals surface area contributed by atoms with Gasteiger partial charge in [-0.2, -0.15) is 9.36 Å². The molecule has 0 radical (unpaired) electrons. The van der Waals surface area contributed by atoms with E-state index in [9.17, 15) is 13.6 Å². The van der Waals surface area contributed by atoms with E-state index in [1.165, 1.54) is 6.07 Å². The second-order valence-electron chi connectivity index (χ2n) is 3.04. The summed E-state index contributed by atoms with van der Waals surface area (Å²) in [6.07, 6.45) is 0. The van der Waals surface area contributed by atoms with E-state index in [2.05, 4.69) is 30.6 Å². The molecule has 2 aromatic rings. The number of hydrogen-bond acceptors (Lipinski definition) is 4. The summed E-state index contributed by atoms with van der Waals surface area (Å²) in [6, 6.07) is 2.15. The summed E-state index contributed by atoms with van der Waals surface area (Å²) in [4.78, 5) is 15.4. The van der Waals surface area contributed by atoms with Crippen molar-refractivity contribution in [1.82, 2.24) is 9.36 Å². The standard InChI is InChI=1S/C9H3BrClF2N3OS/c10-3-1-2-4(12)6(13)5(3)7(17)14-9-15-8(11)16-18-9/h1-2H,(H,14,15,16,17). The summed E-state index contributed by atoms with van der Waals surface area (Å²) in [5.74, 6) is -3.19. The van der Waals surface area contributed by atoms with Crippen LogP contribution in [0.3, 0.4) is 0 Å². The molecule has 0 aliphatic carbocycles. The van der Waals surface area contributed by atoms with Crippen LogP contribution in [-0.4, -0.2) is 15.3 Å². The van der Waals surface area contributed by atoms with Crippen molar-refractivity contribution in [1.29, 1.82) is 0 Å². The molecule has 1 heterocycles. The van der Waals surface area contributed by atoms with Crippen molar-refractivity contribution in [2.45, 2.75) is 0 Å². The Kier molecular flexibility index (Phi) is 3.88. The number of aromatic nitrogens is 2. The first kappa shape index (κ1) is 13.3. The fourth-order valence-corrected chi connectivity index (χ4v) is 2.34. The fraction of sp³-hybridized carbons (Fsp3) is 0. The van der Waals surface area contributed by atoms with E-state index >= 15 is 0 Å². The highest BCUT2D eigenvalue weighted by Crippen LogP contribution is 2.24. The Balaban J connectivity index is 2.32. The van der Waals surface area contributed by atoms with Crippen LogP contribution in [0.4, 0.5) is 13.9 Å². The van der Waals surface area contributed by atoms with Crippen LogP contribution in [0.5, 0.6) is 0 Å². The Labute approximate surface area is 117 Å². The van der Waals surface area contributed by atoms with Crippen molar-refractivity contribution < 1.29 is 13.6 Å². The molecule has 0 saturated heterocycles. The van der Waals surface area contributed by atoms with E-state index in [0.717, 1.165) is 17.6 Å². The number of benzene rings is 1. The average Bonchev–Trinajstić information content (AvgIpc) is 2.70. The third-order valence-electron chi connectivity index (χ3n) is 1.89. The number of nitrogens with one attached hydrogen (secondary N) is 1. The lowest BCUT2D eigenvalue weighted by Crippen LogP contribution is -2.15. The van der Waals surface area contributed by atoms with Crippen LogP contribution in [0.15, 0.2) is 16.6 Å². The van der Waals surface area contributed by atoms with Gasteiger partial charge >= 0.3 is 0 Å². The number of nitrogens with zero attached hydrogens (tertiary/aromatic N) is 2. The third kappa shape index (κ3) is 2.65. The van der Waals surface area contributed by atoms with Crippen LogP contribution in [-0.2, 0) is 0 Å². The molecule has 0 unspecified atom stereocenters. The molecular weight excluding hydrogens is 352 g/mol. The number of carbonyl (C=O) groups excluding carboxylic acids is 1. The zero-order valence-electron chi connectivity index (χ0n) is 8.38. The Hall–Kier alpha value is -1.12. The monoisotopic (exact) mass is 353 g/mol. The van der Waals surface area contributed by atoms with Gasteiger partial charge in [-0.25, -0.2) is 8.78 Å². The van der Waals surface area contributed by atoms with Gasteiger partial charge in [0.05, 0.1) is 5.56 Å². The zero-order chi connectivity index (χ0) is 13.3. The van der Waals surface area contributed by atoms with Crippen LogP contribution in [0.25, 0.3) is 0 Å². The molecule has 18 heavy (non-hydrogen) atoms. The first-order chi connectivity index (χ1) is 8.49. The summed E-state index contributed by atoms with van der Waals surface area (Å²) in [5.41, 5.74) is -0.443. The van der Waals surface area contributed by atoms with Gasteiger partial charge < -0.3 is 0 Å². The van der Waals surface area contributed by atoms with E-state index in [-0.39, 0.29) is 14.9 Å². The van der Waals surface area contributed by atoms with Crippen molar-refractivity contribution in [3.05, 3.63) is 39.1 Å². The van der Waals surface area contributed by atoms with Gasteiger partial charge in [-0.05, 0) is 39.7 Å². The van der Waals surface area contributed by atoms with Crippen LogP contribution in [0.1, 0.15) is 10.4 Å². The van der Waals surface area contributed by atoms with Gasteiger partial charge in [0.15, 0.2) is 11.6 Å². The highest BCUT2D eigenvalue weighted by molar-refractivity contribution is 9.10. The van der Waals surface area contributed by atoms with Crippen molar-refractivity contribution >= 4 is 50.1 Å². The molecule has 1 aromatic carbocycles. The molecule has 1 aromatic heterocycles. The molecule has 2 rings (SSSR count). The van der Waals surface area contributed by atoms with E-state index in [1.807, 2.05) is 0 Å². The molecule has 0 bridgehead atoms. The van der Waals surface area contributed by atoms with Gasteiger partial charge in [-0.15, -0.1) is 0 Å². The maximum Gasteiger partial charge on any atom is 0.261 e. The minimum Gasteiger partial charge on any atom is -0.296 e. The van der Waals surface area contributed by atoms with Gasteiger partial charge in [0.2, 0.25) is 10.4 Å². The van der Waals surface area contributed by atoms with Crippen molar-refractivity contribution in [3.8, 4) is 0 Å². The van der Waals surface area contributed by atoms with Gasteiger partial charge in [0.1, 0.15) is 0 Å². The molecule has 94 valence electrons. The molecule has 0 aliphatic rings. The lowest BCUT2D eigenvalue weighted by atomic mass is 10.2. The lowest BCUT2D eigenvalue weighted by Gasteiger charge is -2.05. The third-order valence-corrected chi connectivity index (χ3v) is 3.45. The molecular formula is C9H3BrClF2N3OS. The smallest absolute Gasteiger partial charge is 0.261 e. The van der Waals surface area contributed by atoms with Crippen molar-refractivity contribution in [2.24, 2.45) is 0 Å².